The minimum Gasteiger partial charge on any atom is -0.436 e. The average Bonchev–Trinajstić information content (AvgIpc) is 2.36. The number of rotatable bonds is 3. The lowest BCUT2D eigenvalue weighted by Gasteiger charge is -2.09. The first-order chi connectivity index (χ1) is 8.58. The highest BCUT2D eigenvalue weighted by molar-refractivity contribution is 5.33. The molecule has 1 aromatic carbocycles. The number of ether oxygens (including phenoxy) is 1. The number of hydrogen-bond acceptors (Lipinski definition) is 3. The first-order valence-corrected chi connectivity index (χ1v) is 5.72. The lowest BCUT2D eigenvalue weighted by Crippen LogP contribution is -2.05. The Morgan fingerprint density at radius 1 is 1.28 bits per heavy atom. The first kappa shape index (κ1) is 12.5. The second kappa shape index (κ2) is 5.14. The smallest absolute Gasteiger partial charge is 0.219 e. The second-order valence-electron chi connectivity index (χ2n) is 4.21. The number of benzene rings is 1. The highest BCUT2D eigenvalue weighted by atomic mass is 19.1. The highest BCUT2D eigenvalue weighted by Crippen LogP contribution is 2.25. The SMILES string of the molecule is Cc1cccc(Oc2ccc([C@@H](C)N)cn2)c1F. The molecule has 2 aromatic rings. The van der Waals surface area contributed by atoms with Gasteiger partial charge >= 0.3 is 0 Å². The van der Waals surface area contributed by atoms with Crippen LogP contribution in [0.15, 0.2) is 36.5 Å². The van der Waals surface area contributed by atoms with Crippen molar-refractivity contribution in [2.45, 2.75) is 19.9 Å². The van der Waals surface area contributed by atoms with Gasteiger partial charge in [-0.1, -0.05) is 18.2 Å². The van der Waals surface area contributed by atoms with E-state index in [0.717, 1.165) is 5.56 Å². The van der Waals surface area contributed by atoms with E-state index in [0.29, 0.717) is 11.4 Å². The standard InChI is InChI=1S/C14H15FN2O/c1-9-4-3-5-12(14(9)15)18-13-7-6-11(8-17-13)10(2)16/h3-8,10H,16H2,1-2H3/t10-/m1/s1. The summed E-state index contributed by atoms with van der Waals surface area (Å²) in [7, 11) is 0. The normalized spacial score (nSPS) is 12.2. The van der Waals surface area contributed by atoms with Gasteiger partial charge < -0.3 is 10.5 Å². The van der Waals surface area contributed by atoms with Gasteiger partial charge in [0.15, 0.2) is 11.6 Å². The highest BCUT2D eigenvalue weighted by Gasteiger charge is 2.08. The molecule has 1 atom stereocenters. The molecule has 0 aliphatic heterocycles. The van der Waals surface area contributed by atoms with Gasteiger partial charge in [-0.15, -0.1) is 0 Å². The third-order valence-electron chi connectivity index (χ3n) is 2.66. The molecule has 0 aliphatic carbocycles. The van der Waals surface area contributed by atoms with Crippen LogP contribution in [0.4, 0.5) is 4.39 Å². The molecule has 94 valence electrons. The Morgan fingerprint density at radius 3 is 2.67 bits per heavy atom. The van der Waals surface area contributed by atoms with E-state index in [1.165, 1.54) is 0 Å². The Kier molecular flexibility index (Phi) is 3.58. The van der Waals surface area contributed by atoms with Crippen LogP contribution in [0.5, 0.6) is 11.6 Å². The van der Waals surface area contributed by atoms with E-state index in [4.69, 9.17) is 10.5 Å². The average molecular weight is 246 g/mol. The third kappa shape index (κ3) is 2.65. The maximum atomic E-state index is 13.7. The van der Waals surface area contributed by atoms with Crippen LogP contribution in [-0.2, 0) is 0 Å². The number of aryl methyl sites for hydroxylation is 1. The number of halogens is 1. The molecule has 0 saturated carbocycles. The molecule has 0 bridgehead atoms. The molecular formula is C14H15FN2O. The van der Waals surface area contributed by atoms with Gasteiger partial charge in [-0.25, -0.2) is 9.37 Å². The molecule has 0 fully saturated rings. The van der Waals surface area contributed by atoms with Crippen molar-refractivity contribution < 1.29 is 9.13 Å². The number of aromatic nitrogens is 1. The molecular weight excluding hydrogens is 231 g/mol. The van der Waals surface area contributed by atoms with E-state index >= 15 is 0 Å². The first-order valence-electron chi connectivity index (χ1n) is 5.72. The fourth-order valence-electron chi connectivity index (χ4n) is 1.53. The van der Waals surface area contributed by atoms with Crippen LogP contribution in [0.3, 0.4) is 0 Å². The Labute approximate surface area is 105 Å². The fraction of sp³-hybridized carbons (Fsp3) is 0.214. The van der Waals surface area contributed by atoms with Crippen molar-refractivity contribution >= 4 is 0 Å². The fourth-order valence-corrected chi connectivity index (χ4v) is 1.53. The van der Waals surface area contributed by atoms with Gasteiger partial charge in [0, 0.05) is 18.3 Å². The number of nitrogens with zero attached hydrogens (tertiary/aromatic N) is 1. The van der Waals surface area contributed by atoms with Crippen LogP contribution in [0.25, 0.3) is 0 Å². The molecule has 1 heterocycles. The van der Waals surface area contributed by atoms with Gasteiger partial charge in [-0.2, -0.15) is 0 Å². The molecule has 0 spiro atoms. The van der Waals surface area contributed by atoms with Crippen LogP contribution in [0, 0.1) is 12.7 Å². The Morgan fingerprint density at radius 2 is 2.06 bits per heavy atom. The number of pyridine rings is 1. The lowest BCUT2D eigenvalue weighted by molar-refractivity contribution is 0.425. The molecule has 18 heavy (non-hydrogen) atoms. The van der Waals surface area contributed by atoms with Crippen LogP contribution in [0.2, 0.25) is 0 Å². The molecule has 0 unspecified atom stereocenters. The summed E-state index contributed by atoms with van der Waals surface area (Å²) in [5, 5.41) is 0. The van der Waals surface area contributed by atoms with E-state index in [1.54, 1.807) is 37.4 Å². The minimum absolute atomic E-state index is 0.0812. The predicted molar refractivity (Wildman–Crippen MR) is 68.1 cm³/mol. The monoisotopic (exact) mass is 246 g/mol. The molecule has 0 aliphatic rings. The van der Waals surface area contributed by atoms with Crippen molar-refractivity contribution in [3.63, 3.8) is 0 Å². The zero-order valence-electron chi connectivity index (χ0n) is 10.4. The van der Waals surface area contributed by atoms with Crippen molar-refractivity contribution in [3.8, 4) is 11.6 Å². The van der Waals surface area contributed by atoms with E-state index in [-0.39, 0.29) is 17.6 Å². The summed E-state index contributed by atoms with van der Waals surface area (Å²) in [5.74, 6) is 0.163. The zero-order chi connectivity index (χ0) is 13.1. The van der Waals surface area contributed by atoms with Gasteiger partial charge in [0.05, 0.1) is 0 Å². The van der Waals surface area contributed by atoms with Crippen molar-refractivity contribution in [1.29, 1.82) is 0 Å². The van der Waals surface area contributed by atoms with E-state index < -0.39 is 0 Å². The Balaban J connectivity index is 2.21. The molecule has 3 nitrogen and oxygen atoms in total. The summed E-state index contributed by atoms with van der Waals surface area (Å²) < 4.78 is 19.1. The summed E-state index contributed by atoms with van der Waals surface area (Å²) in [6.45, 7) is 3.56. The molecule has 0 saturated heterocycles. The van der Waals surface area contributed by atoms with Gasteiger partial charge in [0.1, 0.15) is 0 Å². The third-order valence-corrected chi connectivity index (χ3v) is 2.66. The molecule has 2 rings (SSSR count). The van der Waals surface area contributed by atoms with Crippen molar-refractivity contribution in [3.05, 3.63) is 53.5 Å². The Hall–Kier alpha value is -1.94. The largest absolute Gasteiger partial charge is 0.436 e. The molecule has 4 heteroatoms. The maximum Gasteiger partial charge on any atom is 0.219 e. The van der Waals surface area contributed by atoms with Gasteiger partial charge in [-0.3, -0.25) is 0 Å². The van der Waals surface area contributed by atoms with Crippen molar-refractivity contribution in [2.75, 3.05) is 0 Å². The van der Waals surface area contributed by atoms with Crippen molar-refractivity contribution in [2.24, 2.45) is 5.73 Å². The number of nitrogens with two attached hydrogens (primary N) is 1. The van der Waals surface area contributed by atoms with Crippen LogP contribution in [-0.4, -0.2) is 4.98 Å². The summed E-state index contributed by atoms with van der Waals surface area (Å²) in [6.07, 6.45) is 1.63. The van der Waals surface area contributed by atoms with Gasteiger partial charge in [-0.05, 0) is 31.0 Å². The lowest BCUT2D eigenvalue weighted by atomic mass is 10.2. The van der Waals surface area contributed by atoms with E-state index in [1.807, 2.05) is 13.0 Å². The maximum absolute atomic E-state index is 13.7. The summed E-state index contributed by atoms with van der Waals surface area (Å²) in [5.41, 5.74) is 7.17. The van der Waals surface area contributed by atoms with Crippen LogP contribution in [0.1, 0.15) is 24.1 Å². The van der Waals surface area contributed by atoms with Crippen LogP contribution >= 0.6 is 0 Å². The van der Waals surface area contributed by atoms with Gasteiger partial charge in [0.25, 0.3) is 0 Å². The zero-order valence-corrected chi connectivity index (χ0v) is 10.4. The summed E-state index contributed by atoms with van der Waals surface area (Å²) in [4.78, 5) is 4.10. The molecule has 2 N–H and O–H groups in total. The molecule has 1 aromatic heterocycles. The van der Waals surface area contributed by atoms with Gasteiger partial charge in [0.2, 0.25) is 5.88 Å². The topological polar surface area (TPSA) is 48.1 Å². The number of hydrogen-bond donors (Lipinski definition) is 1. The summed E-state index contributed by atoms with van der Waals surface area (Å²) >= 11 is 0. The predicted octanol–water partition coefficient (Wildman–Crippen LogP) is 3.34. The van der Waals surface area contributed by atoms with Crippen molar-refractivity contribution in [1.82, 2.24) is 4.98 Å². The second-order valence-corrected chi connectivity index (χ2v) is 4.21. The van der Waals surface area contributed by atoms with Crippen LogP contribution < -0.4 is 10.5 Å². The molecule has 0 amide bonds. The molecule has 0 radical (unpaired) electrons. The quantitative estimate of drug-likeness (QED) is 0.903. The van der Waals surface area contributed by atoms with E-state index in [9.17, 15) is 4.39 Å². The Bertz CT molecular complexity index is 538. The summed E-state index contributed by atoms with van der Waals surface area (Å²) in [6, 6.07) is 8.42. The van der Waals surface area contributed by atoms with E-state index in [2.05, 4.69) is 4.98 Å². The minimum atomic E-state index is -0.365.